The number of likely N-dealkylation sites (tertiary alicyclic amines) is 1. The molecule has 0 radical (unpaired) electrons. The van der Waals surface area contributed by atoms with E-state index < -0.39 is 0 Å². The summed E-state index contributed by atoms with van der Waals surface area (Å²) in [4.78, 5) is 17.7. The molecule has 2 rings (SSSR count). The largest absolute Gasteiger partial charge is 0.356 e. The van der Waals surface area contributed by atoms with Gasteiger partial charge in [0.05, 0.1) is 0 Å². The Labute approximate surface area is 175 Å². The van der Waals surface area contributed by atoms with E-state index in [2.05, 4.69) is 35.9 Å². The summed E-state index contributed by atoms with van der Waals surface area (Å²) in [6.45, 7) is 11.7. The van der Waals surface area contributed by atoms with E-state index in [4.69, 9.17) is 12.2 Å². The fraction of sp³-hybridized carbons (Fsp3) is 0.900. The number of amides is 2. The van der Waals surface area contributed by atoms with Crippen molar-refractivity contribution >= 4 is 34.5 Å². The van der Waals surface area contributed by atoms with Crippen molar-refractivity contribution in [2.24, 2.45) is 0 Å². The monoisotopic (exact) mass is 414 g/mol. The lowest BCUT2D eigenvalue weighted by atomic mass is 9.90. The molecule has 27 heavy (non-hydrogen) atoms. The summed E-state index contributed by atoms with van der Waals surface area (Å²) in [6.07, 6.45) is 9.00. The number of thiocarbonyl (C=S) groups is 1. The molecule has 156 valence electrons. The zero-order valence-corrected chi connectivity index (χ0v) is 19.0. The smallest absolute Gasteiger partial charge is 0.328 e. The second kappa shape index (κ2) is 12.1. The molecular weight excluding hydrogens is 376 g/mol. The third-order valence-electron chi connectivity index (χ3n) is 5.87. The van der Waals surface area contributed by atoms with Crippen LogP contribution in [0.2, 0.25) is 0 Å². The normalized spacial score (nSPS) is 22.9. The predicted octanol–water partition coefficient (Wildman–Crippen LogP) is 4.48. The first-order chi connectivity index (χ1) is 13.1. The van der Waals surface area contributed by atoms with E-state index in [0.29, 0.717) is 6.04 Å². The first-order valence-electron chi connectivity index (χ1n) is 10.9. The van der Waals surface area contributed by atoms with E-state index in [1.54, 1.807) is 0 Å². The number of unbranched alkanes of at least 4 members (excludes halogenated alkanes) is 1. The Bertz CT molecular complexity index is 459. The summed E-state index contributed by atoms with van der Waals surface area (Å²) in [7, 11) is 0. The highest BCUT2D eigenvalue weighted by molar-refractivity contribution is 8.21. The van der Waals surface area contributed by atoms with Crippen LogP contribution in [-0.2, 0) is 0 Å². The molecule has 1 aliphatic carbocycles. The van der Waals surface area contributed by atoms with Crippen molar-refractivity contribution in [1.29, 1.82) is 0 Å². The van der Waals surface area contributed by atoms with Gasteiger partial charge in [-0.15, -0.1) is 0 Å². The summed E-state index contributed by atoms with van der Waals surface area (Å²) >= 11 is 7.18. The Hall–Kier alpha value is -0.530. The predicted molar refractivity (Wildman–Crippen MR) is 120 cm³/mol. The maximum atomic E-state index is 12.9. The first-order valence-corrected chi connectivity index (χ1v) is 12.1. The maximum absolute atomic E-state index is 12.9. The summed E-state index contributed by atoms with van der Waals surface area (Å²) in [5.74, 6) is 0. The topological polar surface area (TPSA) is 38.8 Å². The highest BCUT2D eigenvalue weighted by Gasteiger charge is 2.32. The van der Waals surface area contributed by atoms with E-state index in [0.717, 1.165) is 62.7 Å². The molecule has 1 saturated heterocycles. The number of hydrogen-bond donors (Lipinski definition) is 1. The van der Waals surface area contributed by atoms with Crippen molar-refractivity contribution < 1.29 is 4.79 Å². The van der Waals surface area contributed by atoms with Crippen molar-refractivity contribution in [3.63, 3.8) is 0 Å². The van der Waals surface area contributed by atoms with Gasteiger partial charge < -0.3 is 15.1 Å². The molecular formula is C20H38N4OS2. The number of rotatable bonds is 7. The van der Waals surface area contributed by atoms with E-state index in [-0.39, 0.29) is 12.1 Å². The average molecular weight is 415 g/mol. The third-order valence-corrected chi connectivity index (χ3v) is 7.43. The molecule has 0 atom stereocenters. The molecule has 7 heteroatoms. The van der Waals surface area contributed by atoms with Crippen LogP contribution in [0.4, 0.5) is 4.79 Å². The van der Waals surface area contributed by atoms with Gasteiger partial charge in [-0.1, -0.05) is 39.4 Å². The van der Waals surface area contributed by atoms with Gasteiger partial charge in [0.2, 0.25) is 0 Å². The summed E-state index contributed by atoms with van der Waals surface area (Å²) < 4.78 is 2.83. The second-order valence-corrected chi connectivity index (χ2v) is 9.25. The van der Waals surface area contributed by atoms with E-state index in [9.17, 15) is 4.79 Å². The molecule has 5 nitrogen and oxygen atoms in total. The van der Waals surface area contributed by atoms with Gasteiger partial charge >= 0.3 is 6.03 Å². The molecule has 0 spiro atoms. The highest BCUT2D eigenvalue weighted by Crippen LogP contribution is 2.32. The first kappa shape index (κ1) is 22.8. The van der Waals surface area contributed by atoms with Gasteiger partial charge in [0.25, 0.3) is 0 Å². The molecule has 1 heterocycles. The molecule has 2 fully saturated rings. The number of hydrogen-bond acceptors (Lipinski definition) is 4. The summed E-state index contributed by atoms with van der Waals surface area (Å²) in [6, 6.07) is 0.988. The molecule has 0 unspecified atom stereocenters. The second-order valence-electron chi connectivity index (χ2n) is 7.65. The average Bonchev–Trinajstić information content (AvgIpc) is 3.22. The quantitative estimate of drug-likeness (QED) is 0.378. The molecule has 2 amide bonds. The SMILES string of the molecule is CCCCNC(=O)N(SC(=S)N1CCCC1)C1CCC(N(CC)CC)CC1. The fourth-order valence-corrected chi connectivity index (χ4v) is 5.57. The van der Waals surface area contributed by atoms with Gasteiger partial charge in [-0.25, -0.2) is 4.79 Å². The van der Waals surface area contributed by atoms with Crippen LogP contribution in [0.1, 0.15) is 72.1 Å². The Morgan fingerprint density at radius 2 is 1.67 bits per heavy atom. The highest BCUT2D eigenvalue weighted by atomic mass is 32.2. The number of carbonyl (C=O) groups is 1. The molecule has 1 saturated carbocycles. The Kier molecular flexibility index (Phi) is 10.2. The zero-order chi connectivity index (χ0) is 19.6. The standard InChI is InChI=1S/C20H38N4OS2/c1-4-7-14-21-19(25)24(27-20(26)23-15-8-9-16-23)18-12-10-17(11-13-18)22(5-2)6-3/h17-18H,4-16H2,1-3H3,(H,21,25). The van der Waals surface area contributed by atoms with Crippen LogP contribution in [0, 0.1) is 0 Å². The summed E-state index contributed by atoms with van der Waals surface area (Å²) in [5, 5.41) is 3.11. The fourth-order valence-electron chi connectivity index (χ4n) is 4.17. The van der Waals surface area contributed by atoms with Crippen LogP contribution < -0.4 is 5.32 Å². The van der Waals surface area contributed by atoms with Gasteiger partial charge in [0.1, 0.15) is 0 Å². The van der Waals surface area contributed by atoms with E-state index in [1.165, 1.54) is 37.6 Å². The lowest BCUT2D eigenvalue weighted by Gasteiger charge is -2.40. The molecule has 1 N–H and O–H groups in total. The summed E-state index contributed by atoms with van der Waals surface area (Å²) in [5.41, 5.74) is 0. The van der Waals surface area contributed by atoms with Crippen molar-refractivity contribution in [3.05, 3.63) is 0 Å². The van der Waals surface area contributed by atoms with Crippen LogP contribution in [0.25, 0.3) is 0 Å². The molecule has 1 aliphatic heterocycles. The third kappa shape index (κ3) is 6.79. The number of nitrogens with one attached hydrogen (secondary N) is 1. The van der Waals surface area contributed by atoms with Gasteiger partial charge in [0, 0.05) is 43.7 Å². The molecule has 0 aromatic heterocycles. The van der Waals surface area contributed by atoms with Gasteiger partial charge in [-0.3, -0.25) is 4.31 Å². The molecule has 0 bridgehead atoms. The van der Waals surface area contributed by atoms with Gasteiger partial charge in [0.15, 0.2) is 4.32 Å². The minimum absolute atomic E-state index is 0.0429. The van der Waals surface area contributed by atoms with Crippen LogP contribution in [0.15, 0.2) is 0 Å². The van der Waals surface area contributed by atoms with Crippen molar-refractivity contribution in [2.75, 3.05) is 32.7 Å². The Morgan fingerprint density at radius 3 is 2.22 bits per heavy atom. The van der Waals surface area contributed by atoms with Crippen LogP contribution in [0.5, 0.6) is 0 Å². The molecule has 0 aromatic carbocycles. The van der Waals surface area contributed by atoms with E-state index in [1.807, 2.05) is 4.31 Å². The zero-order valence-electron chi connectivity index (χ0n) is 17.4. The van der Waals surface area contributed by atoms with E-state index >= 15 is 0 Å². The van der Waals surface area contributed by atoms with Gasteiger partial charge in [-0.2, -0.15) is 0 Å². The van der Waals surface area contributed by atoms with Gasteiger partial charge in [-0.05, 0) is 58.0 Å². The Morgan fingerprint density at radius 1 is 1.07 bits per heavy atom. The van der Waals surface area contributed by atoms with Crippen LogP contribution in [-0.4, -0.2) is 69.3 Å². The van der Waals surface area contributed by atoms with Crippen molar-refractivity contribution in [3.8, 4) is 0 Å². The number of carbonyl (C=O) groups excluding carboxylic acids is 1. The lowest BCUT2D eigenvalue weighted by molar-refractivity contribution is 0.141. The van der Waals surface area contributed by atoms with Crippen LogP contribution in [0.3, 0.4) is 0 Å². The lowest BCUT2D eigenvalue weighted by Crippen LogP contribution is -2.47. The van der Waals surface area contributed by atoms with Crippen molar-refractivity contribution in [2.45, 2.75) is 84.2 Å². The van der Waals surface area contributed by atoms with Crippen molar-refractivity contribution in [1.82, 2.24) is 19.4 Å². The number of nitrogens with zero attached hydrogens (tertiary/aromatic N) is 3. The minimum Gasteiger partial charge on any atom is -0.356 e. The molecule has 0 aromatic rings. The molecule has 2 aliphatic rings. The number of urea groups is 1. The van der Waals surface area contributed by atoms with Crippen LogP contribution >= 0.6 is 24.2 Å². The Balaban J connectivity index is 1.96. The minimum atomic E-state index is 0.0429. The maximum Gasteiger partial charge on any atom is 0.328 e.